The smallest absolute Gasteiger partial charge is 0.410 e. The molecule has 0 saturated carbocycles. The van der Waals surface area contributed by atoms with Crippen molar-refractivity contribution in [1.82, 2.24) is 0 Å². The predicted molar refractivity (Wildman–Crippen MR) is 45.6 cm³/mol. The van der Waals surface area contributed by atoms with Crippen LogP contribution in [0.1, 0.15) is 11.1 Å². The molecule has 0 saturated heterocycles. The lowest BCUT2D eigenvalue weighted by Crippen LogP contribution is -2.06. The Kier molecular flexibility index (Phi) is 3.00. The minimum Gasteiger partial charge on any atom is -0.410 e. The molecule has 0 aliphatic rings. The maximum atomic E-state index is 12.2. The van der Waals surface area contributed by atoms with E-state index in [9.17, 15) is 13.2 Å². The van der Waals surface area contributed by atoms with Crippen LogP contribution < -0.4 is 0 Å². The van der Waals surface area contributed by atoms with Crippen LogP contribution >= 0.6 is 11.6 Å². The van der Waals surface area contributed by atoms with Gasteiger partial charge in [0, 0.05) is 5.56 Å². The second kappa shape index (κ2) is 3.88. The fourth-order valence-electron chi connectivity index (χ4n) is 0.882. The molecule has 1 N–H and O–H groups in total. The summed E-state index contributed by atoms with van der Waals surface area (Å²) in [5.74, 6) is 0. The summed E-state index contributed by atoms with van der Waals surface area (Å²) >= 11 is 5.35. The number of benzene rings is 1. The second-order valence-corrected chi connectivity index (χ2v) is 2.83. The number of halogens is 4. The molecule has 2 nitrogen and oxygen atoms in total. The van der Waals surface area contributed by atoms with Gasteiger partial charge in [-0.3, -0.25) is 0 Å². The summed E-state index contributed by atoms with van der Waals surface area (Å²) < 4.78 is 36.6. The van der Waals surface area contributed by atoms with Crippen molar-refractivity contribution in [3.05, 3.63) is 35.4 Å². The number of rotatable bonds is 1. The fourth-order valence-corrected chi connectivity index (χ4v) is 0.999. The Bertz CT molecular complexity index is 362. The molecule has 0 unspecified atom stereocenters. The molecule has 0 aliphatic carbocycles. The van der Waals surface area contributed by atoms with Crippen molar-refractivity contribution in [2.45, 2.75) is 6.18 Å². The first-order valence-corrected chi connectivity index (χ1v) is 3.88. The largest absolute Gasteiger partial charge is 0.416 e. The second-order valence-electron chi connectivity index (χ2n) is 2.47. The van der Waals surface area contributed by atoms with Crippen molar-refractivity contribution in [2.24, 2.45) is 5.16 Å². The van der Waals surface area contributed by atoms with Gasteiger partial charge in [0.1, 0.15) is 0 Å². The van der Waals surface area contributed by atoms with E-state index in [-0.39, 0.29) is 10.7 Å². The van der Waals surface area contributed by atoms with Gasteiger partial charge in [0.2, 0.25) is 0 Å². The Morgan fingerprint density at radius 1 is 1.36 bits per heavy atom. The lowest BCUT2D eigenvalue weighted by Gasteiger charge is -2.06. The van der Waals surface area contributed by atoms with Crippen LogP contribution in [0.2, 0.25) is 0 Å². The average Bonchev–Trinajstić information content (AvgIpc) is 2.15. The van der Waals surface area contributed by atoms with Gasteiger partial charge in [0.25, 0.3) is 0 Å². The lowest BCUT2D eigenvalue weighted by atomic mass is 10.1. The van der Waals surface area contributed by atoms with E-state index in [2.05, 4.69) is 5.16 Å². The van der Waals surface area contributed by atoms with Crippen molar-refractivity contribution in [2.75, 3.05) is 0 Å². The highest BCUT2D eigenvalue weighted by Gasteiger charge is 2.30. The summed E-state index contributed by atoms with van der Waals surface area (Å²) in [5.41, 5.74) is -0.819. The highest BCUT2D eigenvalue weighted by atomic mass is 35.5. The summed E-state index contributed by atoms with van der Waals surface area (Å²) in [6.07, 6.45) is -4.43. The number of nitrogens with zero attached hydrogens (tertiary/aromatic N) is 1. The van der Waals surface area contributed by atoms with Gasteiger partial charge in [-0.1, -0.05) is 28.9 Å². The highest BCUT2D eigenvalue weighted by Crippen LogP contribution is 2.29. The zero-order chi connectivity index (χ0) is 10.8. The van der Waals surface area contributed by atoms with Crippen LogP contribution in [0, 0.1) is 0 Å². The number of alkyl halides is 3. The predicted octanol–water partition coefficient (Wildman–Crippen LogP) is 3.08. The average molecular weight is 224 g/mol. The van der Waals surface area contributed by atoms with Crippen molar-refractivity contribution >= 4 is 16.8 Å². The SMILES string of the molecule is O/N=C(\Cl)c1cccc(C(F)(F)F)c1. The van der Waals surface area contributed by atoms with Gasteiger partial charge in [-0.2, -0.15) is 13.2 Å². The van der Waals surface area contributed by atoms with Gasteiger partial charge < -0.3 is 5.21 Å². The summed E-state index contributed by atoms with van der Waals surface area (Å²) in [6, 6.07) is 4.22. The Labute approximate surface area is 82.6 Å². The van der Waals surface area contributed by atoms with Gasteiger partial charge in [-0.05, 0) is 12.1 Å². The summed E-state index contributed by atoms with van der Waals surface area (Å²) in [7, 11) is 0. The van der Waals surface area contributed by atoms with Crippen molar-refractivity contribution < 1.29 is 18.4 Å². The van der Waals surface area contributed by atoms with E-state index >= 15 is 0 Å². The molecular weight excluding hydrogens is 219 g/mol. The maximum absolute atomic E-state index is 12.2. The van der Waals surface area contributed by atoms with Gasteiger partial charge >= 0.3 is 6.18 Å². The minimum atomic E-state index is -4.43. The number of oxime groups is 1. The van der Waals surface area contributed by atoms with E-state index in [0.29, 0.717) is 0 Å². The Balaban J connectivity index is 3.14. The molecule has 6 heteroatoms. The van der Waals surface area contributed by atoms with E-state index in [0.717, 1.165) is 12.1 Å². The van der Waals surface area contributed by atoms with E-state index in [1.54, 1.807) is 0 Å². The van der Waals surface area contributed by atoms with Crippen molar-refractivity contribution in [1.29, 1.82) is 0 Å². The lowest BCUT2D eigenvalue weighted by molar-refractivity contribution is -0.137. The Morgan fingerprint density at radius 2 is 2.00 bits per heavy atom. The third-order valence-corrected chi connectivity index (χ3v) is 1.81. The third-order valence-electron chi connectivity index (χ3n) is 1.52. The summed E-state index contributed by atoms with van der Waals surface area (Å²) in [4.78, 5) is 0. The molecule has 76 valence electrons. The first-order valence-electron chi connectivity index (χ1n) is 3.50. The van der Waals surface area contributed by atoms with Crippen LogP contribution in [-0.2, 0) is 6.18 Å². The van der Waals surface area contributed by atoms with Crippen LogP contribution in [0.4, 0.5) is 13.2 Å². The minimum absolute atomic E-state index is 0.0176. The normalized spacial score (nSPS) is 13.0. The topological polar surface area (TPSA) is 32.6 Å². The van der Waals surface area contributed by atoms with Gasteiger partial charge in [-0.15, -0.1) is 0 Å². The number of hydrogen-bond donors (Lipinski definition) is 1. The molecule has 0 spiro atoms. The molecule has 0 amide bonds. The molecule has 1 aromatic carbocycles. The zero-order valence-corrected chi connectivity index (χ0v) is 7.47. The molecule has 0 radical (unpaired) electrons. The molecular formula is C8H5ClF3NO. The first kappa shape index (κ1) is 10.8. The standard InChI is InChI=1S/C8H5ClF3NO/c9-7(13-14)5-2-1-3-6(4-5)8(10,11)12/h1-4,14H/b13-7-. The fraction of sp³-hybridized carbons (Fsp3) is 0.125. The Hall–Kier alpha value is -1.23. The quantitative estimate of drug-likeness (QED) is 0.443. The molecule has 0 fully saturated rings. The van der Waals surface area contributed by atoms with E-state index in [1.165, 1.54) is 12.1 Å². The summed E-state index contributed by atoms with van der Waals surface area (Å²) in [6.45, 7) is 0. The molecule has 0 atom stereocenters. The van der Waals surface area contributed by atoms with Crippen LogP contribution in [0.3, 0.4) is 0 Å². The molecule has 14 heavy (non-hydrogen) atoms. The molecule has 0 heterocycles. The molecule has 1 aromatic rings. The molecule has 0 aliphatic heterocycles. The molecule has 0 aromatic heterocycles. The van der Waals surface area contributed by atoms with Crippen molar-refractivity contribution in [3.63, 3.8) is 0 Å². The van der Waals surface area contributed by atoms with Crippen LogP contribution in [0.5, 0.6) is 0 Å². The van der Waals surface area contributed by atoms with Crippen LogP contribution in [0.25, 0.3) is 0 Å². The van der Waals surface area contributed by atoms with Gasteiger partial charge in [0.15, 0.2) is 5.17 Å². The van der Waals surface area contributed by atoms with Crippen LogP contribution in [-0.4, -0.2) is 10.4 Å². The monoisotopic (exact) mass is 223 g/mol. The third kappa shape index (κ3) is 2.38. The van der Waals surface area contributed by atoms with Crippen LogP contribution in [0.15, 0.2) is 29.4 Å². The zero-order valence-electron chi connectivity index (χ0n) is 6.72. The van der Waals surface area contributed by atoms with Gasteiger partial charge in [-0.25, -0.2) is 0 Å². The maximum Gasteiger partial charge on any atom is 0.416 e. The van der Waals surface area contributed by atoms with E-state index in [1.807, 2.05) is 0 Å². The molecule has 1 rings (SSSR count). The van der Waals surface area contributed by atoms with E-state index in [4.69, 9.17) is 16.8 Å². The van der Waals surface area contributed by atoms with E-state index < -0.39 is 11.7 Å². The molecule has 0 bridgehead atoms. The Morgan fingerprint density at radius 3 is 2.50 bits per heavy atom. The first-order chi connectivity index (χ1) is 6.45. The van der Waals surface area contributed by atoms with Crippen molar-refractivity contribution in [3.8, 4) is 0 Å². The highest BCUT2D eigenvalue weighted by molar-refractivity contribution is 6.69. The summed E-state index contributed by atoms with van der Waals surface area (Å²) in [5, 5.41) is 10.5. The number of hydrogen-bond acceptors (Lipinski definition) is 2. The van der Waals surface area contributed by atoms with Gasteiger partial charge in [0.05, 0.1) is 5.56 Å².